The highest BCUT2D eigenvalue weighted by molar-refractivity contribution is 5.99. The van der Waals surface area contributed by atoms with E-state index in [2.05, 4.69) is 10.5 Å². The number of nitrogens with zero attached hydrogens (tertiary/aromatic N) is 1. The Hall–Kier alpha value is -2.96. The Morgan fingerprint density at radius 3 is 2.42 bits per heavy atom. The van der Waals surface area contributed by atoms with E-state index in [-0.39, 0.29) is 17.9 Å². The summed E-state index contributed by atoms with van der Waals surface area (Å²) in [6, 6.07) is 9.85. The van der Waals surface area contributed by atoms with Gasteiger partial charge in [-0.05, 0) is 43.3 Å². The highest BCUT2D eigenvalue weighted by atomic mass is 19.1. The number of hydrazone groups is 1. The summed E-state index contributed by atoms with van der Waals surface area (Å²) in [4.78, 5) is 11.7. The number of methoxy groups -OCH3 is 1. The number of hydrogen-bond donors (Lipinski definition) is 1. The lowest BCUT2D eigenvalue weighted by molar-refractivity contribution is -0.123. The van der Waals surface area contributed by atoms with Gasteiger partial charge in [-0.2, -0.15) is 5.10 Å². The number of rotatable bonds is 6. The van der Waals surface area contributed by atoms with Crippen molar-refractivity contribution in [3.05, 3.63) is 59.7 Å². The van der Waals surface area contributed by atoms with Crippen molar-refractivity contribution in [2.24, 2.45) is 5.10 Å². The molecule has 0 aliphatic heterocycles. The molecule has 0 bridgehead atoms. The number of halogens is 2. The third-order valence-electron chi connectivity index (χ3n) is 3.10. The van der Waals surface area contributed by atoms with E-state index in [1.165, 1.54) is 13.0 Å². The van der Waals surface area contributed by atoms with Gasteiger partial charge in [-0.3, -0.25) is 4.79 Å². The monoisotopic (exact) mass is 334 g/mol. The number of amides is 1. The van der Waals surface area contributed by atoms with Crippen molar-refractivity contribution in [1.82, 2.24) is 5.43 Å². The molecule has 5 nitrogen and oxygen atoms in total. The zero-order chi connectivity index (χ0) is 17.5. The fourth-order valence-electron chi connectivity index (χ4n) is 1.84. The zero-order valence-electron chi connectivity index (χ0n) is 13.2. The summed E-state index contributed by atoms with van der Waals surface area (Å²) in [6.07, 6.45) is 0. The van der Waals surface area contributed by atoms with Gasteiger partial charge in [-0.1, -0.05) is 0 Å². The second kappa shape index (κ2) is 8.05. The molecule has 0 radical (unpaired) electrons. The molecule has 0 spiro atoms. The summed E-state index contributed by atoms with van der Waals surface area (Å²) < 4.78 is 36.7. The van der Waals surface area contributed by atoms with Gasteiger partial charge in [0, 0.05) is 11.6 Å². The van der Waals surface area contributed by atoms with Gasteiger partial charge in [-0.25, -0.2) is 14.2 Å². The van der Waals surface area contributed by atoms with Gasteiger partial charge in [0.1, 0.15) is 23.1 Å². The molecule has 2 aromatic rings. The second-order valence-electron chi connectivity index (χ2n) is 4.82. The Morgan fingerprint density at radius 2 is 1.79 bits per heavy atom. The van der Waals surface area contributed by atoms with Crippen LogP contribution in [0.4, 0.5) is 8.78 Å². The highest BCUT2D eigenvalue weighted by Crippen LogP contribution is 2.16. The van der Waals surface area contributed by atoms with Crippen LogP contribution in [0.15, 0.2) is 47.6 Å². The number of benzene rings is 2. The first-order chi connectivity index (χ1) is 11.5. The molecule has 0 heterocycles. The van der Waals surface area contributed by atoms with E-state index < -0.39 is 17.5 Å². The molecule has 2 rings (SSSR count). The molecule has 0 aliphatic rings. The van der Waals surface area contributed by atoms with Crippen LogP contribution in [0, 0.1) is 11.6 Å². The molecule has 7 heteroatoms. The first-order valence-electron chi connectivity index (χ1n) is 7.05. The summed E-state index contributed by atoms with van der Waals surface area (Å²) in [5.74, 6) is -0.766. The van der Waals surface area contributed by atoms with Gasteiger partial charge in [0.05, 0.1) is 12.8 Å². The number of nitrogens with one attached hydrogen (secondary N) is 1. The molecule has 0 saturated carbocycles. The van der Waals surface area contributed by atoms with Crippen LogP contribution in [0.2, 0.25) is 0 Å². The molecule has 0 fully saturated rings. The van der Waals surface area contributed by atoms with Crippen LogP contribution >= 0.6 is 0 Å². The Morgan fingerprint density at radius 1 is 1.12 bits per heavy atom. The van der Waals surface area contributed by atoms with Gasteiger partial charge < -0.3 is 9.47 Å². The first-order valence-corrected chi connectivity index (χ1v) is 7.05. The molecule has 0 aromatic heterocycles. The topological polar surface area (TPSA) is 59.9 Å². The molecule has 24 heavy (non-hydrogen) atoms. The molecule has 0 saturated heterocycles. The fourth-order valence-corrected chi connectivity index (χ4v) is 1.84. The van der Waals surface area contributed by atoms with E-state index in [4.69, 9.17) is 9.47 Å². The van der Waals surface area contributed by atoms with Crippen molar-refractivity contribution in [3.8, 4) is 11.5 Å². The largest absolute Gasteiger partial charge is 0.497 e. The first kappa shape index (κ1) is 17.4. The molecular weight excluding hydrogens is 318 g/mol. The van der Waals surface area contributed by atoms with Crippen LogP contribution in [-0.2, 0) is 4.79 Å². The number of carbonyl (C=O) groups is 1. The maximum Gasteiger partial charge on any atom is 0.277 e. The van der Waals surface area contributed by atoms with E-state index in [0.717, 1.165) is 12.1 Å². The molecular formula is C17H16F2N2O3. The van der Waals surface area contributed by atoms with Crippen LogP contribution in [0.1, 0.15) is 12.5 Å². The summed E-state index contributed by atoms with van der Waals surface area (Å²) in [5.41, 5.74) is 2.57. The van der Waals surface area contributed by atoms with Gasteiger partial charge in [0.2, 0.25) is 0 Å². The van der Waals surface area contributed by atoms with Crippen molar-refractivity contribution < 1.29 is 23.0 Å². The maximum absolute atomic E-state index is 13.6. The van der Waals surface area contributed by atoms with Crippen LogP contribution < -0.4 is 14.9 Å². The van der Waals surface area contributed by atoms with Gasteiger partial charge in [0.15, 0.2) is 6.61 Å². The van der Waals surface area contributed by atoms with Crippen molar-refractivity contribution in [3.63, 3.8) is 0 Å². The smallest absolute Gasteiger partial charge is 0.277 e. The lowest BCUT2D eigenvalue weighted by Crippen LogP contribution is -2.25. The molecule has 0 unspecified atom stereocenters. The van der Waals surface area contributed by atoms with Crippen LogP contribution in [0.5, 0.6) is 11.5 Å². The quantitative estimate of drug-likeness (QED) is 0.653. The zero-order valence-corrected chi connectivity index (χ0v) is 13.2. The summed E-state index contributed by atoms with van der Waals surface area (Å²) in [7, 11) is 1.55. The van der Waals surface area contributed by atoms with Gasteiger partial charge in [-0.15, -0.1) is 0 Å². The minimum absolute atomic E-state index is 0.104. The van der Waals surface area contributed by atoms with E-state index in [1.54, 1.807) is 31.4 Å². The van der Waals surface area contributed by atoms with Crippen LogP contribution in [0.25, 0.3) is 0 Å². The van der Waals surface area contributed by atoms with Gasteiger partial charge in [0.25, 0.3) is 5.91 Å². The summed E-state index contributed by atoms with van der Waals surface area (Å²) in [6.45, 7) is 1.25. The van der Waals surface area contributed by atoms with E-state index >= 15 is 0 Å². The molecule has 1 amide bonds. The van der Waals surface area contributed by atoms with E-state index in [1.807, 2.05) is 0 Å². The predicted octanol–water partition coefficient (Wildman–Crippen LogP) is 2.89. The van der Waals surface area contributed by atoms with Crippen molar-refractivity contribution in [2.45, 2.75) is 6.92 Å². The summed E-state index contributed by atoms with van der Waals surface area (Å²) in [5, 5.41) is 3.78. The standard InChI is InChI=1S/C17H16F2N2O3/c1-11(15-8-3-12(18)9-16(15)19)20-21-17(22)10-24-14-6-4-13(23-2)5-7-14/h3-9H,10H2,1-2H3,(H,21,22)/b20-11+. The third-order valence-corrected chi connectivity index (χ3v) is 3.10. The second-order valence-corrected chi connectivity index (χ2v) is 4.82. The highest BCUT2D eigenvalue weighted by Gasteiger charge is 2.08. The van der Waals surface area contributed by atoms with Crippen molar-refractivity contribution in [1.29, 1.82) is 0 Å². The Balaban J connectivity index is 1.89. The molecule has 2 aromatic carbocycles. The normalized spacial score (nSPS) is 11.1. The number of hydrogen-bond acceptors (Lipinski definition) is 4. The Labute approximate surface area is 137 Å². The minimum Gasteiger partial charge on any atom is -0.497 e. The average molecular weight is 334 g/mol. The number of ether oxygens (including phenoxy) is 2. The maximum atomic E-state index is 13.6. The third kappa shape index (κ3) is 4.77. The van der Waals surface area contributed by atoms with Crippen LogP contribution in [0.3, 0.4) is 0 Å². The SMILES string of the molecule is COc1ccc(OCC(=O)N/N=C(\C)c2ccc(F)cc2F)cc1. The fraction of sp³-hybridized carbons (Fsp3) is 0.176. The summed E-state index contributed by atoms with van der Waals surface area (Å²) >= 11 is 0. The molecule has 0 aliphatic carbocycles. The average Bonchev–Trinajstić information content (AvgIpc) is 2.58. The lowest BCUT2D eigenvalue weighted by atomic mass is 10.1. The van der Waals surface area contributed by atoms with Crippen LogP contribution in [-0.4, -0.2) is 25.3 Å². The molecule has 0 atom stereocenters. The van der Waals surface area contributed by atoms with E-state index in [0.29, 0.717) is 11.5 Å². The van der Waals surface area contributed by atoms with Gasteiger partial charge >= 0.3 is 0 Å². The van der Waals surface area contributed by atoms with Crippen molar-refractivity contribution >= 4 is 11.6 Å². The van der Waals surface area contributed by atoms with E-state index in [9.17, 15) is 13.6 Å². The molecule has 126 valence electrons. The lowest BCUT2D eigenvalue weighted by Gasteiger charge is -2.07. The minimum atomic E-state index is -0.750. The Kier molecular flexibility index (Phi) is 5.83. The number of carbonyl (C=O) groups excluding carboxylic acids is 1. The van der Waals surface area contributed by atoms with Crippen molar-refractivity contribution in [2.75, 3.05) is 13.7 Å². The Bertz CT molecular complexity index is 746. The predicted molar refractivity (Wildman–Crippen MR) is 85.2 cm³/mol. The molecule has 1 N–H and O–H groups in total.